The molecule has 7 nitrogen and oxygen atoms in total. The summed E-state index contributed by atoms with van der Waals surface area (Å²) < 4.78 is 24.4. The Morgan fingerprint density at radius 1 is 1.40 bits per heavy atom. The number of aliphatic carboxylic acids is 1. The molecule has 0 aromatic heterocycles. The van der Waals surface area contributed by atoms with Gasteiger partial charge in [-0.15, -0.1) is 0 Å². The fourth-order valence-electron chi connectivity index (χ4n) is 2.30. The second kappa shape index (κ2) is 6.09. The van der Waals surface area contributed by atoms with Gasteiger partial charge in [0.05, 0.1) is 6.26 Å². The highest BCUT2D eigenvalue weighted by atomic mass is 32.2. The number of nitrogens with zero attached hydrogens (tertiary/aromatic N) is 1. The first-order chi connectivity index (χ1) is 9.03. The van der Waals surface area contributed by atoms with Crippen molar-refractivity contribution >= 4 is 21.9 Å². The summed E-state index contributed by atoms with van der Waals surface area (Å²) >= 11 is 0. The van der Waals surface area contributed by atoms with Gasteiger partial charge in [-0.2, -0.15) is 4.31 Å². The van der Waals surface area contributed by atoms with Crippen molar-refractivity contribution in [2.75, 3.05) is 12.8 Å². The van der Waals surface area contributed by atoms with E-state index < -0.39 is 27.6 Å². The van der Waals surface area contributed by atoms with E-state index in [0.29, 0.717) is 25.8 Å². The predicted octanol–water partition coefficient (Wildman–Crippen LogP) is 0.170. The van der Waals surface area contributed by atoms with Crippen molar-refractivity contribution in [1.29, 1.82) is 0 Å². The number of hydrogen-bond donors (Lipinski definition) is 2. The smallest absolute Gasteiger partial charge is 0.303 e. The van der Waals surface area contributed by atoms with Crippen molar-refractivity contribution in [3.05, 3.63) is 0 Å². The summed E-state index contributed by atoms with van der Waals surface area (Å²) in [6.45, 7) is 3.81. The van der Waals surface area contributed by atoms with Crippen LogP contribution < -0.4 is 5.32 Å². The monoisotopic (exact) mass is 306 g/mol. The Labute approximate surface area is 119 Å². The summed E-state index contributed by atoms with van der Waals surface area (Å²) in [6.07, 6.45) is 2.48. The lowest BCUT2D eigenvalue weighted by Gasteiger charge is -2.29. The van der Waals surface area contributed by atoms with Crippen LogP contribution >= 0.6 is 0 Å². The highest BCUT2D eigenvalue weighted by Gasteiger charge is 2.38. The van der Waals surface area contributed by atoms with Crippen LogP contribution in [-0.2, 0) is 19.6 Å². The van der Waals surface area contributed by atoms with E-state index in [1.54, 1.807) is 13.8 Å². The number of carbonyl (C=O) groups excluding carboxylic acids is 1. The normalized spacial score (nSPS) is 20.9. The lowest BCUT2D eigenvalue weighted by molar-refractivity contribution is -0.138. The molecule has 0 saturated carbocycles. The number of carbonyl (C=O) groups is 2. The molecule has 0 radical (unpaired) electrons. The maximum absolute atomic E-state index is 12.2. The molecule has 1 aliphatic heterocycles. The van der Waals surface area contributed by atoms with Crippen molar-refractivity contribution in [1.82, 2.24) is 9.62 Å². The maximum atomic E-state index is 12.2. The Morgan fingerprint density at radius 2 is 2.00 bits per heavy atom. The summed E-state index contributed by atoms with van der Waals surface area (Å²) in [4.78, 5) is 22.8. The van der Waals surface area contributed by atoms with Crippen LogP contribution in [0.3, 0.4) is 0 Å². The molecule has 0 spiro atoms. The van der Waals surface area contributed by atoms with Crippen molar-refractivity contribution in [2.24, 2.45) is 0 Å². The minimum atomic E-state index is -3.40. The van der Waals surface area contributed by atoms with Gasteiger partial charge in [0.25, 0.3) is 0 Å². The molecule has 116 valence electrons. The highest BCUT2D eigenvalue weighted by Crippen LogP contribution is 2.22. The quantitative estimate of drug-likeness (QED) is 0.728. The minimum Gasteiger partial charge on any atom is -0.481 e. The molecule has 2 N–H and O–H groups in total. The number of amides is 1. The average Bonchev–Trinajstić information content (AvgIpc) is 2.74. The number of rotatable bonds is 6. The summed E-state index contributed by atoms with van der Waals surface area (Å²) in [7, 11) is -3.40. The first-order valence-corrected chi connectivity index (χ1v) is 8.38. The fourth-order valence-corrected chi connectivity index (χ4v) is 3.42. The van der Waals surface area contributed by atoms with E-state index in [1.807, 2.05) is 0 Å². The second-order valence-electron chi connectivity index (χ2n) is 5.80. The Kier molecular flexibility index (Phi) is 5.15. The average molecular weight is 306 g/mol. The van der Waals surface area contributed by atoms with Gasteiger partial charge in [-0.1, -0.05) is 0 Å². The Hall–Kier alpha value is -1.15. The number of carboxylic acid groups (broad SMARTS) is 1. The van der Waals surface area contributed by atoms with E-state index in [4.69, 9.17) is 5.11 Å². The van der Waals surface area contributed by atoms with E-state index in [-0.39, 0.29) is 12.3 Å². The van der Waals surface area contributed by atoms with Crippen LogP contribution in [-0.4, -0.2) is 54.1 Å². The molecule has 0 aromatic carbocycles. The van der Waals surface area contributed by atoms with Crippen LogP contribution in [0.4, 0.5) is 0 Å². The molecule has 1 saturated heterocycles. The molecule has 0 aromatic rings. The molecule has 1 atom stereocenters. The largest absolute Gasteiger partial charge is 0.481 e. The third-order valence-corrected chi connectivity index (χ3v) is 4.65. The molecule has 1 amide bonds. The van der Waals surface area contributed by atoms with E-state index >= 15 is 0 Å². The van der Waals surface area contributed by atoms with Crippen LogP contribution in [0.1, 0.15) is 39.5 Å². The third-order valence-electron chi connectivity index (χ3n) is 3.36. The van der Waals surface area contributed by atoms with E-state index in [1.165, 1.54) is 4.31 Å². The van der Waals surface area contributed by atoms with Gasteiger partial charge >= 0.3 is 5.97 Å². The van der Waals surface area contributed by atoms with E-state index in [2.05, 4.69) is 5.32 Å². The van der Waals surface area contributed by atoms with Crippen LogP contribution in [0, 0.1) is 0 Å². The summed E-state index contributed by atoms with van der Waals surface area (Å²) in [5.41, 5.74) is -0.679. The van der Waals surface area contributed by atoms with E-state index in [0.717, 1.165) is 6.26 Å². The molecule has 1 fully saturated rings. The number of hydrogen-bond acceptors (Lipinski definition) is 4. The van der Waals surface area contributed by atoms with Gasteiger partial charge in [0.2, 0.25) is 15.9 Å². The minimum absolute atomic E-state index is 0.0479. The first kappa shape index (κ1) is 16.9. The molecule has 0 aliphatic carbocycles. The summed E-state index contributed by atoms with van der Waals surface area (Å²) in [5.74, 6) is -1.28. The SMILES string of the molecule is CC(C)(CCC(=O)O)NC(=O)C1CCCN1S(C)(=O)=O. The van der Waals surface area contributed by atoms with Crippen molar-refractivity contribution in [2.45, 2.75) is 51.1 Å². The molecule has 1 heterocycles. The standard InChI is InChI=1S/C12H22N2O5S/c1-12(2,7-6-10(15)16)13-11(17)9-5-4-8-14(9)20(3,18)19/h9H,4-8H2,1-3H3,(H,13,17)(H,15,16). The zero-order valence-corrected chi connectivity index (χ0v) is 12.9. The fraction of sp³-hybridized carbons (Fsp3) is 0.833. The molecule has 20 heavy (non-hydrogen) atoms. The summed E-state index contributed by atoms with van der Waals surface area (Å²) in [6, 6.07) is -0.686. The van der Waals surface area contributed by atoms with Gasteiger partial charge in [-0.3, -0.25) is 9.59 Å². The number of nitrogens with one attached hydrogen (secondary N) is 1. The predicted molar refractivity (Wildman–Crippen MR) is 73.7 cm³/mol. The zero-order valence-electron chi connectivity index (χ0n) is 12.0. The van der Waals surface area contributed by atoms with Gasteiger partial charge in [0, 0.05) is 18.5 Å². The van der Waals surface area contributed by atoms with Crippen LogP contribution in [0.5, 0.6) is 0 Å². The first-order valence-electron chi connectivity index (χ1n) is 6.53. The van der Waals surface area contributed by atoms with Gasteiger partial charge in [-0.05, 0) is 33.1 Å². The molecule has 1 unspecified atom stereocenters. The van der Waals surface area contributed by atoms with Crippen molar-refractivity contribution in [3.63, 3.8) is 0 Å². The van der Waals surface area contributed by atoms with E-state index in [9.17, 15) is 18.0 Å². The van der Waals surface area contributed by atoms with Gasteiger partial charge in [0.1, 0.15) is 6.04 Å². The van der Waals surface area contributed by atoms with Gasteiger partial charge < -0.3 is 10.4 Å². The zero-order chi connectivity index (χ0) is 15.6. The van der Waals surface area contributed by atoms with Crippen LogP contribution in [0.2, 0.25) is 0 Å². The Morgan fingerprint density at radius 3 is 2.50 bits per heavy atom. The third kappa shape index (κ3) is 4.75. The highest BCUT2D eigenvalue weighted by molar-refractivity contribution is 7.88. The second-order valence-corrected chi connectivity index (χ2v) is 7.73. The maximum Gasteiger partial charge on any atom is 0.303 e. The molecule has 0 bridgehead atoms. The molecule has 8 heteroatoms. The molecular formula is C12H22N2O5S. The lowest BCUT2D eigenvalue weighted by Crippen LogP contribution is -2.52. The van der Waals surface area contributed by atoms with Gasteiger partial charge in [0.15, 0.2) is 0 Å². The van der Waals surface area contributed by atoms with Crippen LogP contribution in [0.25, 0.3) is 0 Å². The topological polar surface area (TPSA) is 104 Å². The lowest BCUT2D eigenvalue weighted by atomic mass is 9.97. The van der Waals surface area contributed by atoms with Crippen LogP contribution in [0.15, 0.2) is 0 Å². The molecule has 1 aliphatic rings. The Balaban J connectivity index is 2.68. The number of carboxylic acids is 1. The molecule has 1 rings (SSSR count). The summed E-state index contributed by atoms with van der Waals surface area (Å²) in [5, 5.41) is 11.4. The van der Waals surface area contributed by atoms with Gasteiger partial charge in [-0.25, -0.2) is 8.42 Å². The number of sulfonamides is 1. The Bertz CT molecular complexity index is 486. The van der Waals surface area contributed by atoms with Crippen molar-refractivity contribution in [3.8, 4) is 0 Å². The molecular weight excluding hydrogens is 284 g/mol. The van der Waals surface area contributed by atoms with Crippen molar-refractivity contribution < 1.29 is 23.1 Å².